The van der Waals surface area contributed by atoms with Crippen LogP contribution in [0.5, 0.6) is 0 Å². The van der Waals surface area contributed by atoms with Gasteiger partial charge in [-0.2, -0.15) is 0 Å². The smallest absolute Gasteiger partial charge is 0.109 e. The summed E-state index contributed by atoms with van der Waals surface area (Å²) in [6.45, 7) is -0.596. The van der Waals surface area contributed by atoms with Gasteiger partial charge < -0.3 is 5.73 Å². The summed E-state index contributed by atoms with van der Waals surface area (Å²) in [6, 6.07) is 4.59. The molecule has 0 saturated heterocycles. The van der Waals surface area contributed by atoms with E-state index in [2.05, 4.69) is 15.9 Å². The Labute approximate surface area is 96.0 Å². The number of rotatable bonds is 2. The van der Waals surface area contributed by atoms with E-state index in [-0.39, 0.29) is 12.4 Å². The summed E-state index contributed by atoms with van der Waals surface area (Å²) in [5.41, 5.74) is 6.11. The van der Waals surface area contributed by atoms with Crippen molar-refractivity contribution in [1.29, 1.82) is 0 Å². The molecule has 1 aromatic rings. The quantitative estimate of drug-likeness (QED) is 0.886. The molecule has 0 heterocycles. The van der Waals surface area contributed by atoms with Crippen LogP contribution in [0, 0.1) is 0 Å². The molecule has 1 atom stereocenters. The topological polar surface area (TPSA) is 26.0 Å². The Morgan fingerprint density at radius 2 is 2.15 bits per heavy atom. The Hall–Kier alpha value is 0.170. The van der Waals surface area contributed by atoms with Crippen molar-refractivity contribution < 1.29 is 4.39 Å². The molecule has 13 heavy (non-hydrogen) atoms. The summed E-state index contributed by atoms with van der Waals surface area (Å²) < 4.78 is 13.0. The van der Waals surface area contributed by atoms with Crippen molar-refractivity contribution in [3.8, 4) is 0 Å². The highest BCUT2D eigenvalue weighted by Gasteiger charge is 2.09. The number of nitrogens with two attached hydrogens (primary N) is 1. The van der Waals surface area contributed by atoms with Gasteiger partial charge in [-0.3, -0.25) is 0 Å². The minimum atomic E-state index is -0.620. The molecule has 0 aromatic heterocycles. The minimum absolute atomic E-state index is 0. The normalized spacial score (nSPS) is 12.0. The third-order valence-corrected chi connectivity index (χ3v) is 2.35. The van der Waals surface area contributed by atoms with E-state index in [0.29, 0.717) is 10.6 Å². The van der Waals surface area contributed by atoms with Gasteiger partial charge in [0.15, 0.2) is 0 Å². The van der Waals surface area contributed by atoms with E-state index >= 15 is 0 Å². The molecule has 1 rings (SSSR count). The zero-order chi connectivity index (χ0) is 9.14. The first-order valence-corrected chi connectivity index (χ1v) is 4.58. The lowest BCUT2D eigenvalue weighted by Crippen LogP contribution is -2.12. The van der Waals surface area contributed by atoms with Gasteiger partial charge in [0.25, 0.3) is 0 Å². The molecule has 74 valence electrons. The van der Waals surface area contributed by atoms with Crippen LogP contribution in [0.15, 0.2) is 22.7 Å². The summed E-state index contributed by atoms with van der Waals surface area (Å²) in [4.78, 5) is 0. The molecule has 1 aromatic carbocycles. The summed E-state index contributed by atoms with van der Waals surface area (Å²) in [5, 5.41) is 0.495. The van der Waals surface area contributed by atoms with Gasteiger partial charge in [-0.1, -0.05) is 33.6 Å². The second-order valence-corrected chi connectivity index (χ2v) is 3.75. The Bertz CT molecular complexity index is 283. The molecule has 1 nitrogen and oxygen atoms in total. The Balaban J connectivity index is 0.00000144. The van der Waals surface area contributed by atoms with Gasteiger partial charge in [-0.25, -0.2) is 4.39 Å². The molecule has 0 saturated carbocycles. The molecular formula is C8H9BrCl2FN. The zero-order valence-corrected chi connectivity index (χ0v) is 9.79. The molecule has 0 aliphatic carbocycles. The molecule has 0 bridgehead atoms. The predicted octanol–water partition coefficient (Wildman–Crippen LogP) is 3.49. The van der Waals surface area contributed by atoms with E-state index in [1.807, 2.05) is 0 Å². The van der Waals surface area contributed by atoms with Crippen molar-refractivity contribution >= 4 is 39.9 Å². The van der Waals surface area contributed by atoms with Crippen molar-refractivity contribution in [2.24, 2.45) is 5.73 Å². The van der Waals surface area contributed by atoms with Gasteiger partial charge in [0.1, 0.15) is 6.67 Å². The summed E-state index contributed by atoms with van der Waals surface area (Å²) in [5.74, 6) is 0. The highest BCUT2D eigenvalue weighted by Crippen LogP contribution is 2.25. The lowest BCUT2D eigenvalue weighted by Gasteiger charge is -2.09. The van der Waals surface area contributed by atoms with Crippen LogP contribution in [-0.4, -0.2) is 6.67 Å². The van der Waals surface area contributed by atoms with Crippen LogP contribution < -0.4 is 5.73 Å². The maximum Gasteiger partial charge on any atom is 0.109 e. The zero-order valence-electron chi connectivity index (χ0n) is 6.64. The predicted molar refractivity (Wildman–Crippen MR) is 59.3 cm³/mol. The van der Waals surface area contributed by atoms with Crippen LogP contribution in [0.25, 0.3) is 0 Å². The highest BCUT2D eigenvalue weighted by atomic mass is 79.9. The van der Waals surface area contributed by atoms with Crippen LogP contribution in [0.2, 0.25) is 5.02 Å². The van der Waals surface area contributed by atoms with E-state index in [1.54, 1.807) is 18.2 Å². The van der Waals surface area contributed by atoms with E-state index in [1.165, 1.54) is 0 Å². The number of benzene rings is 1. The SMILES string of the molecule is Cl.N[C@@H](CF)c1ccc(Br)cc1Cl. The molecule has 0 fully saturated rings. The average Bonchev–Trinajstić information content (AvgIpc) is 2.03. The van der Waals surface area contributed by atoms with Crippen LogP contribution in [0.1, 0.15) is 11.6 Å². The molecule has 0 unspecified atom stereocenters. The van der Waals surface area contributed by atoms with Crippen LogP contribution in [0.3, 0.4) is 0 Å². The monoisotopic (exact) mass is 287 g/mol. The third-order valence-electron chi connectivity index (χ3n) is 1.53. The largest absolute Gasteiger partial charge is 0.322 e. The second-order valence-electron chi connectivity index (χ2n) is 2.43. The van der Waals surface area contributed by atoms with Gasteiger partial charge in [0.2, 0.25) is 0 Å². The van der Waals surface area contributed by atoms with Crippen molar-refractivity contribution in [2.45, 2.75) is 6.04 Å². The first-order chi connectivity index (χ1) is 5.65. The fourth-order valence-electron chi connectivity index (χ4n) is 0.885. The first-order valence-electron chi connectivity index (χ1n) is 3.41. The summed E-state index contributed by atoms with van der Waals surface area (Å²) in [7, 11) is 0. The lowest BCUT2D eigenvalue weighted by atomic mass is 10.1. The van der Waals surface area contributed by atoms with Crippen molar-refractivity contribution in [2.75, 3.05) is 6.67 Å². The molecule has 0 radical (unpaired) electrons. The standard InChI is InChI=1S/C8H8BrClFN.ClH/c9-5-1-2-6(7(10)3-5)8(12)4-11;/h1-3,8H,4,12H2;1H/t8-;/m0./s1. The van der Waals surface area contributed by atoms with Gasteiger partial charge in [-0.05, 0) is 17.7 Å². The van der Waals surface area contributed by atoms with Gasteiger partial charge in [0.05, 0.1) is 6.04 Å². The summed E-state index contributed by atoms with van der Waals surface area (Å²) in [6.07, 6.45) is 0. The summed E-state index contributed by atoms with van der Waals surface area (Å²) >= 11 is 9.07. The number of halogens is 4. The maximum atomic E-state index is 12.2. The van der Waals surface area contributed by atoms with Crippen molar-refractivity contribution in [3.05, 3.63) is 33.3 Å². The van der Waals surface area contributed by atoms with E-state index in [9.17, 15) is 4.39 Å². The second kappa shape index (κ2) is 5.81. The molecule has 0 aliphatic heterocycles. The lowest BCUT2D eigenvalue weighted by molar-refractivity contribution is 0.437. The fourth-order valence-corrected chi connectivity index (χ4v) is 1.70. The first kappa shape index (κ1) is 13.2. The van der Waals surface area contributed by atoms with Gasteiger partial charge >= 0.3 is 0 Å². The van der Waals surface area contributed by atoms with E-state index in [4.69, 9.17) is 17.3 Å². The average molecular weight is 289 g/mol. The van der Waals surface area contributed by atoms with Gasteiger partial charge in [-0.15, -0.1) is 12.4 Å². The Kier molecular flexibility index (Phi) is 5.88. The molecule has 0 amide bonds. The Morgan fingerprint density at radius 1 is 1.54 bits per heavy atom. The molecule has 2 N–H and O–H groups in total. The van der Waals surface area contributed by atoms with Crippen LogP contribution in [0.4, 0.5) is 4.39 Å². The fraction of sp³-hybridized carbons (Fsp3) is 0.250. The molecule has 0 aliphatic rings. The van der Waals surface area contributed by atoms with E-state index < -0.39 is 12.7 Å². The maximum absolute atomic E-state index is 12.2. The van der Waals surface area contributed by atoms with Crippen LogP contribution in [-0.2, 0) is 0 Å². The minimum Gasteiger partial charge on any atom is -0.322 e. The number of hydrogen-bond acceptors (Lipinski definition) is 1. The molecular weight excluding hydrogens is 280 g/mol. The van der Waals surface area contributed by atoms with Crippen LogP contribution >= 0.6 is 39.9 Å². The van der Waals surface area contributed by atoms with Crippen molar-refractivity contribution in [3.63, 3.8) is 0 Å². The van der Waals surface area contributed by atoms with Gasteiger partial charge in [0, 0.05) is 9.50 Å². The molecule has 0 spiro atoms. The number of hydrogen-bond donors (Lipinski definition) is 1. The Morgan fingerprint density at radius 3 is 2.62 bits per heavy atom. The molecule has 5 heteroatoms. The number of alkyl halides is 1. The van der Waals surface area contributed by atoms with E-state index in [0.717, 1.165) is 4.47 Å². The van der Waals surface area contributed by atoms with Crippen molar-refractivity contribution in [1.82, 2.24) is 0 Å². The third kappa shape index (κ3) is 3.43. The highest BCUT2D eigenvalue weighted by molar-refractivity contribution is 9.10.